The van der Waals surface area contributed by atoms with Crippen molar-refractivity contribution in [1.82, 2.24) is 9.88 Å². The van der Waals surface area contributed by atoms with E-state index in [1.54, 1.807) is 48.7 Å². The zero-order valence-corrected chi connectivity index (χ0v) is 18.3. The number of likely N-dealkylation sites (N-methyl/N-ethyl adjacent to an activating group) is 1. The van der Waals surface area contributed by atoms with Gasteiger partial charge in [-0.1, -0.05) is 23.7 Å². The summed E-state index contributed by atoms with van der Waals surface area (Å²) in [4.78, 5) is 44.2. The molecule has 3 aromatic rings. The maximum absolute atomic E-state index is 14.0. The summed E-state index contributed by atoms with van der Waals surface area (Å²) >= 11 is 6.31. The number of halogens is 1. The van der Waals surface area contributed by atoms with E-state index < -0.39 is 16.4 Å². The highest BCUT2D eigenvalue weighted by molar-refractivity contribution is 6.31. The van der Waals surface area contributed by atoms with Crippen molar-refractivity contribution in [3.05, 3.63) is 98.8 Å². The summed E-state index contributed by atoms with van der Waals surface area (Å²) in [6.07, 6.45) is 3.07. The number of hydrogen-bond donors (Lipinski definition) is 1. The number of nitrogens with one attached hydrogen (secondary N) is 1. The number of nitro benzene ring substituents is 1. The minimum atomic E-state index is -1.28. The molecule has 1 spiro atoms. The number of non-ortho nitro benzene ring substituents is 1. The molecule has 3 atom stereocenters. The number of rotatable bonds is 4. The standard InChI is InChI=1S/C24H19ClN4O4/c1-28-13-18(14-4-7-17(8-5-14)29(32)33)21(22(30)15-3-2-10-26-12-15)24(28)19-11-16(25)6-9-20(19)27-23(24)31/h2-12,18,21H,13H2,1H3,(H,27,31)/t18-,21-,24+/m1/s1. The predicted octanol–water partition coefficient (Wildman–Crippen LogP) is 4.02. The van der Waals surface area contributed by atoms with E-state index in [2.05, 4.69) is 10.3 Å². The first-order valence-corrected chi connectivity index (χ1v) is 10.7. The number of amides is 1. The Kier molecular flexibility index (Phi) is 4.99. The number of anilines is 1. The minimum Gasteiger partial charge on any atom is -0.324 e. The van der Waals surface area contributed by atoms with Crippen LogP contribution in [0.25, 0.3) is 0 Å². The van der Waals surface area contributed by atoms with Gasteiger partial charge in [0.1, 0.15) is 5.54 Å². The summed E-state index contributed by atoms with van der Waals surface area (Å²) in [5.41, 5.74) is 1.09. The molecule has 1 saturated heterocycles. The van der Waals surface area contributed by atoms with Gasteiger partial charge in [0.25, 0.3) is 5.69 Å². The number of likely N-dealkylation sites (tertiary alicyclic amines) is 1. The van der Waals surface area contributed by atoms with Gasteiger partial charge >= 0.3 is 0 Å². The summed E-state index contributed by atoms with van der Waals surface area (Å²) in [6, 6.07) is 14.7. The second kappa shape index (κ2) is 7.75. The molecule has 0 unspecified atom stereocenters. The summed E-state index contributed by atoms with van der Waals surface area (Å²) in [5, 5.41) is 14.5. The number of Topliss-reactive ketones (excluding diaryl/α,β-unsaturated/α-hetero) is 1. The quantitative estimate of drug-likeness (QED) is 0.356. The van der Waals surface area contributed by atoms with E-state index in [9.17, 15) is 19.7 Å². The third-order valence-corrected chi connectivity index (χ3v) is 6.91. The Morgan fingerprint density at radius 3 is 2.67 bits per heavy atom. The lowest BCUT2D eigenvalue weighted by atomic mass is 9.70. The van der Waals surface area contributed by atoms with E-state index in [4.69, 9.17) is 11.6 Å². The fourth-order valence-corrected chi connectivity index (χ4v) is 5.42. The van der Waals surface area contributed by atoms with Gasteiger partial charge in [-0.25, -0.2) is 0 Å². The molecule has 2 aliphatic rings. The second-order valence-electron chi connectivity index (χ2n) is 8.33. The van der Waals surface area contributed by atoms with Crippen molar-refractivity contribution in [2.45, 2.75) is 11.5 Å². The molecule has 0 radical (unpaired) electrons. The molecular formula is C24H19ClN4O4. The minimum absolute atomic E-state index is 0.0364. The van der Waals surface area contributed by atoms with Crippen molar-refractivity contribution < 1.29 is 14.5 Å². The maximum Gasteiger partial charge on any atom is 0.269 e. The zero-order chi connectivity index (χ0) is 23.3. The summed E-state index contributed by atoms with van der Waals surface area (Å²) in [5.74, 6) is -1.71. The highest BCUT2D eigenvalue weighted by atomic mass is 35.5. The van der Waals surface area contributed by atoms with Crippen LogP contribution in [0.3, 0.4) is 0 Å². The number of nitrogens with zero attached hydrogens (tertiary/aromatic N) is 3. The Bertz CT molecular complexity index is 1280. The molecule has 0 saturated carbocycles. The van der Waals surface area contributed by atoms with Crippen LogP contribution in [0.5, 0.6) is 0 Å². The monoisotopic (exact) mass is 462 g/mol. The molecule has 5 rings (SSSR count). The normalized spacial score (nSPS) is 24.0. The smallest absolute Gasteiger partial charge is 0.269 e. The lowest BCUT2D eigenvalue weighted by Gasteiger charge is -2.35. The van der Waals surface area contributed by atoms with Crippen molar-refractivity contribution in [2.24, 2.45) is 5.92 Å². The number of carbonyl (C=O) groups excluding carboxylic acids is 2. The zero-order valence-electron chi connectivity index (χ0n) is 17.6. The average Bonchev–Trinajstić information content (AvgIpc) is 3.29. The Balaban J connectivity index is 1.71. The Labute approximate surface area is 194 Å². The lowest BCUT2D eigenvalue weighted by Crippen LogP contribution is -2.51. The summed E-state index contributed by atoms with van der Waals surface area (Å²) in [7, 11) is 1.81. The Morgan fingerprint density at radius 2 is 2.00 bits per heavy atom. The summed E-state index contributed by atoms with van der Waals surface area (Å²) in [6.45, 7) is 0.397. The number of aromatic nitrogens is 1. The molecule has 8 nitrogen and oxygen atoms in total. The Morgan fingerprint density at radius 1 is 1.24 bits per heavy atom. The molecule has 1 amide bonds. The summed E-state index contributed by atoms with van der Waals surface area (Å²) < 4.78 is 0. The van der Waals surface area contributed by atoms with E-state index in [0.29, 0.717) is 28.4 Å². The molecule has 1 aromatic heterocycles. The van der Waals surface area contributed by atoms with E-state index in [1.165, 1.54) is 18.3 Å². The number of hydrogen-bond acceptors (Lipinski definition) is 6. The molecule has 3 heterocycles. The van der Waals surface area contributed by atoms with Crippen LogP contribution in [-0.2, 0) is 10.3 Å². The lowest BCUT2D eigenvalue weighted by molar-refractivity contribution is -0.384. The van der Waals surface area contributed by atoms with Gasteiger partial charge in [-0.2, -0.15) is 0 Å². The van der Waals surface area contributed by atoms with Gasteiger partial charge in [-0.3, -0.25) is 29.6 Å². The third kappa shape index (κ3) is 3.13. The molecule has 0 aliphatic carbocycles. The molecule has 0 bridgehead atoms. The number of benzene rings is 2. The van der Waals surface area contributed by atoms with E-state index in [1.807, 2.05) is 11.9 Å². The van der Waals surface area contributed by atoms with Gasteiger partial charge in [-0.15, -0.1) is 0 Å². The molecule has 2 aliphatic heterocycles. The molecule has 9 heteroatoms. The number of carbonyl (C=O) groups is 2. The van der Waals surface area contributed by atoms with Crippen LogP contribution in [0.4, 0.5) is 11.4 Å². The number of fused-ring (bicyclic) bond motifs is 2. The number of ketones is 1. The van der Waals surface area contributed by atoms with Crippen LogP contribution in [-0.4, -0.2) is 40.1 Å². The van der Waals surface area contributed by atoms with E-state index in [-0.39, 0.29) is 23.3 Å². The average molecular weight is 463 g/mol. The molecule has 33 heavy (non-hydrogen) atoms. The van der Waals surface area contributed by atoms with Gasteiger partial charge in [0.05, 0.1) is 10.8 Å². The van der Waals surface area contributed by atoms with Gasteiger partial charge in [0, 0.05) is 58.8 Å². The molecule has 2 aromatic carbocycles. The number of nitro groups is 1. The van der Waals surface area contributed by atoms with Crippen molar-refractivity contribution in [3.63, 3.8) is 0 Å². The SMILES string of the molecule is CN1C[C@H](c2ccc([N+](=O)[O-])cc2)[C@H](C(=O)c2cccnc2)[C@@]12C(=O)Nc1ccc(Cl)cc12. The van der Waals surface area contributed by atoms with Crippen molar-refractivity contribution in [2.75, 3.05) is 18.9 Å². The maximum atomic E-state index is 14.0. The largest absolute Gasteiger partial charge is 0.324 e. The van der Waals surface area contributed by atoms with E-state index >= 15 is 0 Å². The van der Waals surface area contributed by atoms with Crippen molar-refractivity contribution in [1.29, 1.82) is 0 Å². The second-order valence-corrected chi connectivity index (χ2v) is 8.77. The van der Waals surface area contributed by atoms with Crippen LogP contribution < -0.4 is 5.32 Å². The predicted molar refractivity (Wildman–Crippen MR) is 122 cm³/mol. The Hall–Kier alpha value is -3.62. The first kappa shape index (κ1) is 21.2. The third-order valence-electron chi connectivity index (χ3n) is 6.67. The molecule has 1 N–H and O–H groups in total. The fourth-order valence-electron chi connectivity index (χ4n) is 5.24. The van der Waals surface area contributed by atoms with Crippen LogP contribution in [0, 0.1) is 16.0 Å². The van der Waals surface area contributed by atoms with Crippen LogP contribution >= 0.6 is 11.6 Å². The highest BCUT2D eigenvalue weighted by Crippen LogP contribution is 2.56. The fraction of sp³-hybridized carbons (Fsp3) is 0.208. The highest BCUT2D eigenvalue weighted by Gasteiger charge is 2.64. The molecular weight excluding hydrogens is 444 g/mol. The van der Waals surface area contributed by atoms with E-state index in [0.717, 1.165) is 5.56 Å². The first-order valence-electron chi connectivity index (χ1n) is 10.4. The van der Waals surface area contributed by atoms with Gasteiger partial charge in [-0.05, 0) is 42.9 Å². The van der Waals surface area contributed by atoms with Gasteiger partial charge in [0.15, 0.2) is 5.78 Å². The van der Waals surface area contributed by atoms with Gasteiger partial charge < -0.3 is 5.32 Å². The number of pyridine rings is 1. The van der Waals surface area contributed by atoms with Crippen LogP contribution in [0.15, 0.2) is 67.0 Å². The topological polar surface area (TPSA) is 105 Å². The van der Waals surface area contributed by atoms with Crippen LogP contribution in [0.2, 0.25) is 5.02 Å². The van der Waals surface area contributed by atoms with Crippen LogP contribution in [0.1, 0.15) is 27.4 Å². The molecule has 166 valence electrons. The van der Waals surface area contributed by atoms with Gasteiger partial charge in [0.2, 0.25) is 5.91 Å². The van der Waals surface area contributed by atoms with Crippen molar-refractivity contribution in [3.8, 4) is 0 Å². The molecule has 1 fully saturated rings. The first-order chi connectivity index (χ1) is 15.8. The van der Waals surface area contributed by atoms with Crippen molar-refractivity contribution >= 4 is 34.7 Å².